The summed E-state index contributed by atoms with van der Waals surface area (Å²) in [6.07, 6.45) is 3.30. The van der Waals surface area contributed by atoms with Crippen LogP contribution in [0.15, 0.2) is 42.5 Å². The van der Waals surface area contributed by atoms with Crippen LogP contribution in [0.3, 0.4) is 0 Å². The van der Waals surface area contributed by atoms with E-state index < -0.39 is 0 Å². The zero-order chi connectivity index (χ0) is 18.2. The molecule has 0 saturated heterocycles. The molecular weight excluding hydrogens is 318 g/mol. The molecule has 25 heavy (non-hydrogen) atoms. The number of carbonyl (C=O) groups is 1. The summed E-state index contributed by atoms with van der Waals surface area (Å²) in [5, 5.41) is 2.85. The minimum atomic E-state index is -0.182. The first kappa shape index (κ1) is 18.4. The molecule has 132 valence electrons. The predicted octanol–water partition coefficient (Wildman–Crippen LogP) is 3.35. The first-order valence-electron chi connectivity index (χ1n) is 7.89. The lowest BCUT2D eigenvalue weighted by Gasteiger charge is -2.14. The topological polar surface area (TPSA) is 56.8 Å². The average molecular weight is 341 g/mol. The van der Waals surface area contributed by atoms with Crippen LogP contribution in [0.1, 0.15) is 16.7 Å². The van der Waals surface area contributed by atoms with Gasteiger partial charge in [-0.05, 0) is 24.6 Å². The van der Waals surface area contributed by atoms with E-state index in [0.717, 1.165) is 16.7 Å². The Morgan fingerprint density at radius 1 is 1.00 bits per heavy atom. The molecule has 1 amide bonds. The van der Waals surface area contributed by atoms with Gasteiger partial charge in [-0.2, -0.15) is 0 Å². The van der Waals surface area contributed by atoms with Crippen LogP contribution >= 0.6 is 0 Å². The molecule has 0 aliphatic rings. The number of nitrogens with one attached hydrogen (secondary N) is 1. The zero-order valence-electron chi connectivity index (χ0n) is 15.0. The number of amides is 1. The van der Waals surface area contributed by atoms with Crippen molar-refractivity contribution in [3.63, 3.8) is 0 Å². The van der Waals surface area contributed by atoms with Crippen molar-refractivity contribution in [2.45, 2.75) is 13.5 Å². The summed E-state index contributed by atoms with van der Waals surface area (Å²) in [4.78, 5) is 12.1. The van der Waals surface area contributed by atoms with Crippen LogP contribution in [-0.2, 0) is 11.3 Å². The maximum atomic E-state index is 12.1. The minimum absolute atomic E-state index is 0.182. The van der Waals surface area contributed by atoms with Gasteiger partial charge in [0.1, 0.15) is 5.75 Å². The lowest BCUT2D eigenvalue weighted by atomic mass is 10.1. The highest BCUT2D eigenvalue weighted by Gasteiger charge is 2.12. The number of carbonyl (C=O) groups excluding carboxylic acids is 1. The molecule has 0 heterocycles. The van der Waals surface area contributed by atoms with Crippen molar-refractivity contribution < 1.29 is 19.0 Å². The molecule has 0 atom stereocenters. The largest absolute Gasteiger partial charge is 0.496 e. The van der Waals surface area contributed by atoms with E-state index in [1.165, 1.54) is 6.08 Å². The van der Waals surface area contributed by atoms with Crippen LogP contribution < -0.4 is 19.5 Å². The summed E-state index contributed by atoms with van der Waals surface area (Å²) in [6, 6.07) is 11.5. The normalized spacial score (nSPS) is 10.6. The van der Waals surface area contributed by atoms with Crippen molar-refractivity contribution in [1.29, 1.82) is 0 Å². The molecule has 0 unspecified atom stereocenters. The van der Waals surface area contributed by atoms with Crippen molar-refractivity contribution in [2.75, 3.05) is 21.3 Å². The van der Waals surface area contributed by atoms with Gasteiger partial charge < -0.3 is 19.5 Å². The van der Waals surface area contributed by atoms with E-state index in [1.807, 2.05) is 31.2 Å². The molecule has 0 aliphatic carbocycles. The molecule has 5 heteroatoms. The Kier molecular flexibility index (Phi) is 6.46. The zero-order valence-corrected chi connectivity index (χ0v) is 15.0. The smallest absolute Gasteiger partial charge is 0.244 e. The van der Waals surface area contributed by atoms with Crippen molar-refractivity contribution in [3.05, 3.63) is 59.2 Å². The minimum Gasteiger partial charge on any atom is -0.496 e. The Balaban J connectivity index is 2.06. The van der Waals surface area contributed by atoms with Gasteiger partial charge in [-0.15, -0.1) is 0 Å². The molecule has 2 aromatic rings. The molecule has 0 spiro atoms. The lowest BCUT2D eigenvalue weighted by molar-refractivity contribution is -0.116. The molecule has 0 aromatic heterocycles. The molecule has 2 aromatic carbocycles. The van der Waals surface area contributed by atoms with Crippen molar-refractivity contribution in [1.82, 2.24) is 5.32 Å². The van der Waals surface area contributed by atoms with Crippen molar-refractivity contribution in [3.8, 4) is 17.2 Å². The fraction of sp³-hybridized carbons (Fsp3) is 0.250. The van der Waals surface area contributed by atoms with Gasteiger partial charge in [0.05, 0.1) is 21.3 Å². The second-order valence-corrected chi connectivity index (χ2v) is 5.48. The fourth-order valence-electron chi connectivity index (χ4n) is 2.42. The summed E-state index contributed by atoms with van der Waals surface area (Å²) in [5.74, 6) is 1.61. The molecule has 1 N–H and O–H groups in total. The van der Waals surface area contributed by atoms with E-state index >= 15 is 0 Å². The molecule has 5 nitrogen and oxygen atoms in total. The third-order valence-electron chi connectivity index (χ3n) is 3.71. The van der Waals surface area contributed by atoms with Crippen LogP contribution in [0.25, 0.3) is 6.08 Å². The van der Waals surface area contributed by atoms with Gasteiger partial charge in [0.2, 0.25) is 5.91 Å². The Morgan fingerprint density at radius 3 is 2.32 bits per heavy atom. The van der Waals surface area contributed by atoms with E-state index in [1.54, 1.807) is 39.5 Å². The number of benzene rings is 2. The van der Waals surface area contributed by atoms with E-state index in [9.17, 15) is 4.79 Å². The van der Waals surface area contributed by atoms with Gasteiger partial charge in [0, 0.05) is 24.3 Å². The third kappa shape index (κ3) is 5.01. The molecule has 2 rings (SSSR count). The first-order valence-corrected chi connectivity index (χ1v) is 7.89. The lowest BCUT2D eigenvalue weighted by Crippen LogP contribution is -2.20. The van der Waals surface area contributed by atoms with E-state index in [0.29, 0.717) is 23.8 Å². The third-order valence-corrected chi connectivity index (χ3v) is 3.71. The number of aryl methyl sites for hydroxylation is 1. The van der Waals surface area contributed by atoms with E-state index in [2.05, 4.69) is 5.32 Å². The number of hydrogen-bond donors (Lipinski definition) is 1. The van der Waals surface area contributed by atoms with E-state index in [-0.39, 0.29) is 5.91 Å². The van der Waals surface area contributed by atoms with Gasteiger partial charge >= 0.3 is 0 Å². The van der Waals surface area contributed by atoms with Crippen LogP contribution in [0.2, 0.25) is 0 Å². The summed E-state index contributed by atoms with van der Waals surface area (Å²) in [6.45, 7) is 2.33. The van der Waals surface area contributed by atoms with Gasteiger partial charge in [-0.3, -0.25) is 4.79 Å². The maximum absolute atomic E-state index is 12.1. The summed E-state index contributed by atoms with van der Waals surface area (Å²) < 4.78 is 15.9. The van der Waals surface area contributed by atoms with E-state index in [4.69, 9.17) is 14.2 Å². The maximum Gasteiger partial charge on any atom is 0.244 e. The Morgan fingerprint density at radius 2 is 1.68 bits per heavy atom. The quantitative estimate of drug-likeness (QED) is 0.785. The fourth-order valence-corrected chi connectivity index (χ4v) is 2.42. The van der Waals surface area contributed by atoms with Gasteiger partial charge in [0.25, 0.3) is 0 Å². The molecule has 0 bridgehead atoms. The summed E-state index contributed by atoms with van der Waals surface area (Å²) in [5.41, 5.74) is 2.94. The summed E-state index contributed by atoms with van der Waals surface area (Å²) >= 11 is 0. The van der Waals surface area contributed by atoms with Crippen LogP contribution in [-0.4, -0.2) is 27.2 Å². The van der Waals surface area contributed by atoms with Gasteiger partial charge in [-0.25, -0.2) is 0 Å². The Bertz CT molecular complexity index is 768. The predicted molar refractivity (Wildman–Crippen MR) is 98.2 cm³/mol. The number of hydrogen-bond acceptors (Lipinski definition) is 4. The van der Waals surface area contributed by atoms with Crippen LogP contribution in [0.5, 0.6) is 17.2 Å². The molecule has 0 fully saturated rings. The molecule has 0 radical (unpaired) electrons. The second-order valence-electron chi connectivity index (χ2n) is 5.48. The second kappa shape index (κ2) is 8.78. The van der Waals surface area contributed by atoms with Gasteiger partial charge in [0.15, 0.2) is 11.5 Å². The number of methoxy groups -OCH3 is 3. The van der Waals surface area contributed by atoms with Crippen LogP contribution in [0.4, 0.5) is 0 Å². The summed E-state index contributed by atoms with van der Waals surface area (Å²) in [7, 11) is 4.70. The highest BCUT2D eigenvalue weighted by atomic mass is 16.5. The molecule has 0 aliphatic heterocycles. The number of rotatable bonds is 7. The van der Waals surface area contributed by atoms with Crippen molar-refractivity contribution in [2.24, 2.45) is 0 Å². The standard InChI is InChI=1S/C20H23NO4/c1-14-6-5-7-15(10-14)8-9-20(22)21-13-16-11-18(24-3)19(25-4)12-17(16)23-2/h5-12H,13H2,1-4H3,(H,21,22)/b9-8+. The number of ether oxygens (including phenoxy) is 3. The first-order chi connectivity index (χ1) is 12.1. The molecular formula is C20H23NO4. The average Bonchev–Trinajstić information content (AvgIpc) is 2.63. The highest BCUT2D eigenvalue weighted by molar-refractivity contribution is 5.91. The molecule has 0 saturated carbocycles. The Labute approximate surface area is 148 Å². The Hall–Kier alpha value is -2.95. The highest BCUT2D eigenvalue weighted by Crippen LogP contribution is 2.34. The van der Waals surface area contributed by atoms with Gasteiger partial charge in [-0.1, -0.05) is 29.8 Å². The SMILES string of the molecule is COc1cc(OC)c(OC)cc1CNC(=O)/C=C/c1cccc(C)c1. The van der Waals surface area contributed by atoms with Crippen molar-refractivity contribution >= 4 is 12.0 Å². The van der Waals surface area contributed by atoms with Crippen LogP contribution in [0, 0.1) is 6.92 Å². The monoisotopic (exact) mass is 341 g/mol.